The zero-order chi connectivity index (χ0) is 17.3. The number of nitrogens with zero attached hydrogens (tertiary/aromatic N) is 2. The molecule has 1 aliphatic rings. The molecule has 130 valence electrons. The number of thiophene rings is 1. The van der Waals surface area contributed by atoms with Crippen LogP contribution in [-0.4, -0.2) is 27.7 Å². The number of hydrogen-bond donors (Lipinski definition) is 1. The number of aromatic nitrogens is 1. The van der Waals surface area contributed by atoms with Crippen LogP contribution in [0.15, 0.2) is 28.4 Å². The first kappa shape index (κ1) is 17.2. The van der Waals surface area contributed by atoms with E-state index in [4.69, 9.17) is 0 Å². The molecule has 1 N–H and O–H groups in total. The van der Waals surface area contributed by atoms with Gasteiger partial charge in [-0.25, -0.2) is 0 Å². The quantitative estimate of drug-likeness (QED) is 0.917. The molecule has 2 aromatic rings. The average molecular weight is 346 g/mol. The summed E-state index contributed by atoms with van der Waals surface area (Å²) in [5.41, 5.74) is 1.27. The second-order valence-electron chi connectivity index (χ2n) is 6.77. The standard InChI is InChI=1S/C19H26N2O2S/c1-4-21-14(3)12-15(22)17(19(21)23)18(16-6-5-11-24-16)20-9-7-13(2)8-10-20/h5-6,11-13,18,22H,4,7-10H2,1-3H3/t18-/m1/s1. The molecule has 1 atom stereocenters. The van der Waals surface area contributed by atoms with Gasteiger partial charge in [0.05, 0.1) is 11.6 Å². The van der Waals surface area contributed by atoms with Crippen molar-refractivity contribution in [3.05, 3.63) is 50.1 Å². The molecule has 3 rings (SSSR count). The summed E-state index contributed by atoms with van der Waals surface area (Å²) >= 11 is 1.65. The van der Waals surface area contributed by atoms with E-state index >= 15 is 0 Å². The highest BCUT2D eigenvalue weighted by atomic mass is 32.1. The fourth-order valence-corrected chi connectivity index (χ4v) is 4.52. The SMILES string of the molecule is CCn1c(C)cc(O)c([C@@H](c2cccs2)N2CCC(C)CC2)c1=O. The summed E-state index contributed by atoms with van der Waals surface area (Å²) < 4.78 is 1.75. The van der Waals surface area contributed by atoms with Gasteiger partial charge in [0.1, 0.15) is 5.75 Å². The van der Waals surface area contributed by atoms with Gasteiger partial charge < -0.3 is 9.67 Å². The molecule has 0 unspecified atom stereocenters. The van der Waals surface area contributed by atoms with Crippen LogP contribution >= 0.6 is 11.3 Å². The Morgan fingerprint density at radius 2 is 2.08 bits per heavy atom. The summed E-state index contributed by atoms with van der Waals surface area (Å²) in [6.45, 7) is 8.66. The first-order valence-corrected chi connectivity index (χ1v) is 9.61. The van der Waals surface area contributed by atoms with Gasteiger partial charge in [0.2, 0.25) is 0 Å². The molecule has 4 nitrogen and oxygen atoms in total. The maximum atomic E-state index is 13.1. The number of hydrogen-bond acceptors (Lipinski definition) is 4. The van der Waals surface area contributed by atoms with Crippen molar-refractivity contribution >= 4 is 11.3 Å². The Labute approximate surface area is 147 Å². The highest BCUT2D eigenvalue weighted by Crippen LogP contribution is 2.36. The van der Waals surface area contributed by atoms with E-state index in [1.165, 1.54) is 0 Å². The lowest BCUT2D eigenvalue weighted by Gasteiger charge is -2.36. The number of pyridine rings is 1. The first-order valence-electron chi connectivity index (χ1n) is 8.73. The molecule has 1 fully saturated rings. The minimum absolute atomic E-state index is 0.0629. The monoisotopic (exact) mass is 346 g/mol. The Kier molecular flexibility index (Phi) is 5.11. The van der Waals surface area contributed by atoms with Crippen molar-refractivity contribution in [1.29, 1.82) is 0 Å². The van der Waals surface area contributed by atoms with Crippen molar-refractivity contribution in [2.75, 3.05) is 13.1 Å². The minimum Gasteiger partial charge on any atom is -0.507 e. The minimum atomic E-state index is -0.150. The van der Waals surface area contributed by atoms with Crippen LogP contribution < -0.4 is 5.56 Å². The molecule has 0 spiro atoms. The number of aromatic hydroxyl groups is 1. The molecule has 1 saturated heterocycles. The fourth-order valence-electron chi connectivity index (χ4n) is 3.66. The van der Waals surface area contributed by atoms with Gasteiger partial charge in [0, 0.05) is 17.1 Å². The molecule has 0 aromatic carbocycles. The van der Waals surface area contributed by atoms with Crippen LogP contribution in [0, 0.1) is 12.8 Å². The Bertz CT molecular complexity index is 743. The van der Waals surface area contributed by atoms with E-state index in [-0.39, 0.29) is 17.4 Å². The third kappa shape index (κ3) is 3.15. The average Bonchev–Trinajstić information content (AvgIpc) is 3.06. The van der Waals surface area contributed by atoms with Crippen LogP contribution in [-0.2, 0) is 6.54 Å². The van der Waals surface area contributed by atoms with Gasteiger partial charge in [-0.3, -0.25) is 9.69 Å². The molecule has 2 aromatic heterocycles. The van der Waals surface area contributed by atoms with E-state index in [9.17, 15) is 9.90 Å². The lowest BCUT2D eigenvalue weighted by Crippen LogP contribution is -2.39. The Balaban J connectivity index is 2.12. The molecule has 5 heteroatoms. The van der Waals surface area contributed by atoms with Gasteiger partial charge in [0.25, 0.3) is 5.56 Å². The number of piperidine rings is 1. The highest BCUT2D eigenvalue weighted by molar-refractivity contribution is 7.10. The summed E-state index contributed by atoms with van der Waals surface area (Å²) in [7, 11) is 0. The molecule has 0 saturated carbocycles. The van der Waals surface area contributed by atoms with Gasteiger partial charge in [-0.15, -0.1) is 11.3 Å². The predicted octanol–water partition coefficient (Wildman–Crippen LogP) is 3.77. The number of aryl methyl sites for hydroxylation is 1. The summed E-state index contributed by atoms with van der Waals surface area (Å²) in [6.07, 6.45) is 2.27. The van der Waals surface area contributed by atoms with Crippen molar-refractivity contribution in [3.63, 3.8) is 0 Å². The Morgan fingerprint density at radius 3 is 2.67 bits per heavy atom. The van der Waals surface area contributed by atoms with Crippen LogP contribution in [0.4, 0.5) is 0 Å². The lowest BCUT2D eigenvalue weighted by molar-refractivity contribution is 0.156. The van der Waals surface area contributed by atoms with Gasteiger partial charge in [-0.2, -0.15) is 0 Å². The lowest BCUT2D eigenvalue weighted by atomic mass is 9.95. The maximum absolute atomic E-state index is 13.1. The van der Waals surface area contributed by atoms with Crippen LogP contribution in [0.1, 0.15) is 48.9 Å². The second kappa shape index (κ2) is 7.11. The molecular weight excluding hydrogens is 320 g/mol. The van der Waals surface area contributed by atoms with Gasteiger partial charge in [0.15, 0.2) is 0 Å². The fraction of sp³-hybridized carbons (Fsp3) is 0.526. The highest BCUT2D eigenvalue weighted by Gasteiger charge is 2.31. The van der Waals surface area contributed by atoms with E-state index in [1.807, 2.05) is 25.3 Å². The number of likely N-dealkylation sites (tertiary alicyclic amines) is 1. The normalized spacial score (nSPS) is 18.0. The van der Waals surface area contributed by atoms with Crippen molar-refractivity contribution < 1.29 is 5.11 Å². The molecule has 1 aliphatic heterocycles. The summed E-state index contributed by atoms with van der Waals surface area (Å²) in [5, 5.41) is 12.6. The van der Waals surface area contributed by atoms with Crippen molar-refractivity contribution in [2.45, 2.75) is 46.2 Å². The summed E-state index contributed by atoms with van der Waals surface area (Å²) in [4.78, 5) is 16.6. The topological polar surface area (TPSA) is 45.5 Å². The van der Waals surface area contributed by atoms with E-state index in [1.54, 1.807) is 22.0 Å². The first-order chi connectivity index (χ1) is 11.5. The molecular formula is C19H26N2O2S. The van der Waals surface area contributed by atoms with Crippen LogP contribution in [0.25, 0.3) is 0 Å². The molecule has 0 radical (unpaired) electrons. The molecule has 0 bridgehead atoms. The molecule has 0 aliphatic carbocycles. The maximum Gasteiger partial charge on any atom is 0.259 e. The third-order valence-corrected chi connectivity index (χ3v) is 6.03. The van der Waals surface area contributed by atoms with E-state index in [2.05, 4.69) is 17.9 Å². The van der Waals surface area contributed by atoms with Gasteiger partial charge in [-0.1, -0.05) is 13.0 Å². The van der Waals surface area contributed by atoms with Crippen molar-refractivity contribution in [1.82, 2.24) is 9.47 Å². The van der Waals surface area contributed by atoms with E-state index in [0.29, 0.717) is 12.1 Å². The molecule has 24 heavy (non-hydrogen) atoms. The second-order valence-corrected chi connectivity index (χ2v) is 7.75. The summed E-state index contributed by atoms with van der Waals surface area (Å²) in [6, 6.07) is 5.67. The van der Waals surface area contributed by atoms with Crippen molar-refractivity contribution in [2.24, 2.45) is 5.92 Å². The molecule has 0 amide bonds. The third-order valence-electron chi connectivity index (χ3n) is 5.11. The zero-order valence-electron chi connectivity index (χ0n) is 14.7. The largest absolute Gasteiger partial charge is 0.507 e. The zero-order valence-corrected chi connectivity index (χ0v) is 15.5. The van der Waals surface area contributed by atoms with E-state index in [0.717, 1.165) is 42.4 Å². The number of rotatable bonds is 4. The van der Waals surface area contributed by atoms with Crippen LogP contribution in [0.5, 0.6) is 5.75 Å². The van der Waals surface area contributed by atoms with Gasteiger partial charge >= 0.3 is 0 Å². The van der Waals surface area contributed by atoms with Crippen LogP contribution in [0.2, 0.25) is 0 Å². The summed E-state index contributed by atoms with van der Waals surface area (Å²) in [5.74, 6) is 0.850. The van der Waals surface area contributed by atoms with Gasteiger partial charge in [-0.05, 0) is 63.2 Å². The predicted molar refractivity (Wildman–Crippen MR) is 98.9 cm³/mol. The smallest absolute Gasteiger partial charge is 0.259 e. The molecule has 3 heterocycles. The Morgan fingerprint density at radius 1 is 1.38 bits per heavy atom. The van der Waals surface area contributed by atoms with Crippen molar-refractivity contribution in [3.8, 4) is 5.75 Å². The van der Waals surface area contributed by atoms with Crippen LogP contribution in [0.3, 0.4) is 0 Å². The Hall–Kier alpha value is -1.59. The van der Waals surface area contributed by atoms with E-state index < -0.39 is 0 Å².